The zero-order valence-corrected chi connectivity index (χ0v) is 43.5. The van der Waals surface area contributed by atoms with Crippen molar-refractivity contribution in [3.05, 3.63) is 246 Å². The molecule has 0 bridgehead atoms. The van der Waals surface area contributed by atoms with Crippen molar-refractivity contribution in [3.63, 3.8) is 0 Å². The summed E-state index contributed by atoms with van der Waals surface area (Å²) in [6, 6.07) is 80.1. The minimum absolute atomic E-state index is 0.745. The summed E-state index contributed by atoms with van der Waals surface area (Å²) in [6.45, 7) is 11.0. The van der Waals surface area contributed by atoms with Gasteiger partial charge in [0.1, 0.15) is 7.85 Å². The molecule has 0 amide bonds. The Bertz CT molecular complexity index is 3090. The zero-order valence-electron chi connectivity index (χ0n) is 43.5. The average Bonchev–Trinajstić information content (AvgIpc) is 3.43. The fourth-order valence-electron chi connectivity index (χ4n) is 9.63. The van der Waals surface area contributed by atoms with Gasteiger partial charge in [-0.1, -0.05) is 129 Å². The van der Waals surface area contributed by atoms with Crippen molar-refractivity contribution in [3.8, 4) is 0 Å². The molecule has 9 aromatic rings. The summed E-state index contributed by atoms with van der Waals surface area (Å²) in [6.07, 6.45) is 10.4. The summed E-state index contributed by atoms with van der Waals surface area (Å²) in [4.78, 5) is 9.40. The zero-order chi connectivity index (χ0) is 50.5. The van der Waals surface area contributed by atoms with Crippen LogP contribution in [0.2, 0.25) is 0 Å². The summed E-state index contributed by atoms with van der Waals surface area (Å²) in [7, 11) is 6.19. The van der Waals surface area contributed by atoms with Crippen LogP contribution >= 0.6 is 0 Å². The molecule has 4 nitrogen and oxygen atoms in total. The highest BCUT2D eigenvalue weighted by Crippen LogP contribution is 2.43. The quantitative estimate of drug-likeness (QED) is 0.0665. The Balaban J connectivity index is 1.07. The summed E-state index contributed by atoms with van der Waals surface area (Å²) in [5, 5.41) is 0. The number of hydrogen-bond acceptors (Lipinski definition) is 4. The number of rotatable bonds is 21. The van der Waals surface area contributed by atoms with E-state index in [-0.39, 0.29) is 0 Å². The van der Waals surface area contributed by atoms with Gasteiger partial charge in [0.25, 0.3) is 0 Å². The molecule has 0 saturated carbocycles. The van der Waals surface area contributed by atoms with Gasteiger partial charge in [0.15, 0.2) is 0 Å². The predicted octanol–water partition coefficient (Wildman–Crippen LogP) is 19.0. The summed E-state index contributed by atoms with van der Waals surface area (Å²) in [5.74, 6) is 0. The Morgan fingerprint density at radius 3 is 0.603 bits per heavy atom. The third-order valence-electron chi connectivity index (χ3n) is 13.9. The largest absolute Gasteiger partial charge is 0.311 e. The first-order valence-corrected chi connectivity index (χ1v) is 26.5. The van der Waals surface area contributed by atoms with E-state index in [0.717, 1.165) is 93.0 Å². The van der Waals surface area contributed by atoms with Crippen LogP contribution in [0.3, 0.4) is 0 Å². The summed E-state index contributed by atoms with van der Waals surface area (Å²) in [5.41, 5.74) is 20.4. The van der Waals surface area contributed by atoms with E-state index >= 15 is 0 Å². The van der Waals surface area contributed by atoms with E-state index < -0.39 is 0 Å². The Hall–Kier alpha value is -7.76. The van der Waals surface area contributed by atoms with Gasteiger partial charge in [0.2, 0.25) is 0 Å². The van der Waals surface area contributed by atoms with Crippen molar-refractivity contribution in [2.24, 2.45) is 0 Å². The molecule has 0 aliphatic carbocycles. The molecular weight excluding hydrogens is 884 g/mol. The van der Waals surface area contributed by atoms with Crippen molar-refractivity contribution in [2.75, 3.05) is 19.6 Å². The monoisotopic (exact) mass is 953 g/mol. The lowest BCUT2D eigenvalue weighted by Crippen LogP contribution is -2.14. The van der Waals surface area contributed by atoms with Crippen LogP contribution in [-0.2, 0) is 19.3 Å². The third-order valence-corrected chi connectivity index (χ3v) is 13.9. The second kappa shape index (κ2) is 24.1. The van der Waals surface area contributed by atoms with Crippen LogP contribution in [0.25, 0.3) is 0 Å². The number of aryl methyl sites for hydroxylation is 5. The number of unbranched alkanes of at least 4 members (excludes halogenated alkanes) is 3. The molecule has 0 fully saturated rings. The van der Waals surface area contributed by atoms with Crippen LogP contribution in [0.15, 0.2) is 218 Å². The van der Waals surface area contributed by atoms with Crippen molar-refractivity contribution in [2.45, 2.75) is 92.4 Å². The van der Waals surface area contributed by atoms with E-state index in [4.69, 9.17) is 7.85 Å². The summed E-state index contributed by atoms with van der Waals surface area (Å²) >= 11 is 0. The Labute approximate surface area is 437 Å². The molecule has 0 aromatic heterocycles. The van der Waals surface area contributed by atoms with Crippen LogP contribution in [0.4, 0.5) is 68.2 Å². The van der Waals surface area contributed by atoms with E-state index in [1.807, 2.05) is 12.1 Å². The van der Waals surface area contributed by atoms with Gasteiger partial charge in [-0.3, -0.25) is 0 Å². The van der Waals surface area contributed by atoms with Gasteiger partial charge < -0.3 is 19.6 Å². The summed E-state index contributed by atoms with van der Waals surface area (Å²) < 4.78 is 0. The maximum Gasteiger partial charge on any atom is 0.113 e. The highest BCUT2D eigenvalue weighted by atomic mass is 15.2. The minimum atomic E-state index is 0.745. The van der Waals surface area contributed by atoms with Crippen LogP contribution in [0.1, 0.15) is 87.1 Å². The van der Waals surface area contributed by atoms with Crippen LogP contribution in [0.5, 0.6) is 0 Å². The number of benzene rings is 9. The van der Waals surface area contributed by atoms with Gasteiger partial charge in [0, 0.05) is 68.2 Å². The molecule has 0 heterocycles. The highest BCUT2D eigenvalue weighted by molar-refractivity contribution is 6.32. The predicted molar refractivity (Wildman–Crippen MR) is 316 cm³/mol. The molecule has 364 valence electrons. The van der Waals surface area contributed by atoms with Crippen molar-refractivity contribution in [1.29, 1.82) is 0 Å². The first-order valence-electron chi connectivity index (χ1n) is 26.5. The van der Waals surface area contributed by atoms with Crippen LogP contribution < -0.4 is 25.1 Å². The molecule has 5 heteroatoms. The topological polar surface area (TPSA) is 13.0 Å². The maximum atomic E-state index is 6.19. The molecule has 73 heavy (non-hydrogen) atoms. The number of nitrogens with zero attached hydrogens (tertiary/aromatic N) is 4. The molecule has 0 aliphatic heterocycles. The smallest absolute Gasteiger partial charge is 0.113 e. The first kappa shape index (κ1) is 50.2. The van der Waals surface area contributed by atoms with Crippen molar-refractivity contribution < 1.29 is 0 Å². The first-order chi connectivity index (χ1) is 35.8. The molecule has 0 spiro atoms. The Kier molecular flexibility index (Phi) is 16.6. The molecular formula is C68H69BN4. The van der Waals surface area contributed by atoms with Crippen molar-refractivity contribution in [1.82, 2.24) is 0 Å². The molecule has 0 N–H and O–H groups in total. The second-order valence-electron chi connectivity index (χ2n) is 19.5. The van der Waals surface area contributed by atoms with Gasteiger partial charge >= 0.3 is 0 Å². The Morgan fingerprint density at radius 1 is 0.247 bits per heavy atom. The highest BCUT2D eigenvalue weighted by Gasteiger charge is 2.20. The van der Waals surface area contributed by atoms with Crippen LogP contribution in [-0.4, -0.2) is 7.85 Å². The normalized spacial score (nSPS) is 11.1. The third kappa shape index (κ3) is 12.3. The van der Waals surface area contributed by atoms with Gasteiger partial charge in [-0.2, -0.15) is 0 Å². The average molecular weight is 953 g/mol. The SMILES string of the molecule is [B]c1ccc(N(c2ccc(CCCC)cc2)c2ccc(N(c3ccc(C)cc3)c3ccc(N(c4ccc(CCCC)cc4)c4ccc(N(c5ccc(C)cc5)c5ccc(CCCC)cc5)cc4)cc3)cc2)cc1. The van der Waals surface area contributed by atoms with E-state index in [1.54, 1.807) is 0 Å². The lowest BCUT2D eigenvalue weighted by Gasteiger charge is -2.30. The van der Waals surface area contributed by atoms with Crippen LogP contribution in [0, 0.1) is 13.8 Å². The van der Waals surface area contributed by atoms with Gasteiger partial charge in [-0.05, 0) is 215 Å². The Morgan fingerprint density at radius 2 is 0.411 bits per heavy atom. The van der Waals surface area contributed by atoms with E-state index in [0.29, 0.717) is 0 Å². The second-order valence-corrected chi connectivity index (χ2v) is 19.5. The molecule has 0 aliphatic rings. The van der Waals surface area contributed by atoms with E-state index in [1.165, 1.54) is 66.3 Å². The maximum absolute atomic E-state index is 6.19. The molecule has 9 rings (SSSR count). The molecule has 2 radical (unpaired) electrons. The van der Waals surface area contributed by atoms with Crippen molar-refractivity contribution >= 4 is 81.6 Å². The van der Waals surface area contributed by atoms with Gasteiger partial charge in [0.05, 0.1) is 0 Å². The molecule has 0 atom stereocenters. The minimum Gasteiger partial charge on any atom is -0.311 e. The number of anilines is 12. The molecule has 0 unspecified atom stereocenters. The lowest BCUT2D eigenvalue weighted by atomic mass is 9.96. The fraction of sp³-hybridized carbons (Fsp3) is 0.206. The lowest BCUT2D eigenvalue weighted by molar-refractivity contribution is 0.795. The fourth-order valence-corrected chi connectivity index (χ4v) is 9.63. The van der Waals surface area contributed by atoms with E-state index in [9.17, 15) is 0 Å². The molecule has 9 aromatic carbocycles. The van der Waals surface area contributed by atoms with Gasteiger partial charge in [-0.15, -0.1) is 0 Å². The van der Waals surface area contributed by atoms with Gasteiger partial charge in [-0.25, -0.2) is 0 Å². The number of hydrogen-bond donors (Lipinski definition) is 0. The standard InChI is InChI=1S/C68H69BN4/c1-6-9-12-53-19-31-59(32-20-53)70(57-27-15-51(4)16-28-57)63-39-47-67(48-40-63)73(61-35-23-55(24-36-61)14-11-8-3)68-49-43-65(44-50-68)71(58-29-17-52(5)18-30-58)64-41-45-66(46-42-64)72(62-37-25-56(69)26-38-62)60-33-21-54(22-34-60)13-10-7-2/h15-50H,6-14H2,1-5H3. The molecule has 0 saturated heterocycles. The van der Waals surface area contributed by atoms with E-state index in [2.05, 4.69) is 260 Å².